The number of carbonyl (C=O) groups excluding carboxylic acids is 1. The molecule has 0 saturated carbocycles. The third-order valence-electron chi connectivity index (χ3n) is 3.51. The molecule has 0 aliphatic heterocycles. The van der Waals surface area contributed by atoms with Gasteiger partial charge in [0.2, 0.25) is 6.29 Å². The van der Waals surface area contributed by atoms with Crippen molar-refractivity contribution in [2.75, 3.05) is 0 Å². The quantitative estimate of drug-likeness (QED) is 0.431. The van der Waals surface area contributed by atoms with E-state index in [9.17, 15) is 9.90 Å². The van der Waals surface area contributed by atoms with Gasteiger partial charge in [-0.1, -0.05) is 30.3 Å². The number of halogens is 1. The Morgan fingerprint density at radius 2 is 1.92 bits per heavy atom. The van der Waals surface area contributed by atoms with Crippen molar-refractivity contribution >= 4 is 28.6 Å². The van der Waals surface area contributed by atoms with Gasteiger partial charge in [0.1, 0.15) is 11.0 Å². The molecule has 7 heteroatoms. The van der Waals surface area contributed by atoms with Crippen LogP contribution >= 0.6 is 11.6 Å². The lowest BCUT2D eigenvalue weighted by molar-refractivity contribution is -0.162. The number of aromatic nitrogens is 3. The number of nitrogens with zero attached hydrogens (tertiary/aromatic N) is 3. The molecule has 0 fully saturated rings. The molecular weight excluding hydrogens is 342 g/mol. The summed E-state index contributed by atoms with van der Waals surface area (Å²) in [5.41, 5.74) is 3.27. The highest BCUT2D eigenvalue weighted by molar-refractivity contribution is 6.31. The standard InChI is InChI=1S/C18H16ClN3O3/c1-11(2)18(24)25-17(23)9-12-3-6-14(7-4-12)22-20-15-8-5-13(19)10-16(15)21-22/h3-8,10,17,23H,1,9H2,2H3. The van der Waals surface area contributed by atoms with Gasteiger partial charge in [-0.05, 0) is 42.8 Å². The average Bonchev–Trinajstić information content (AvgIpc) is 2.98. The molecule has 128 valence electrons. The average molecular weight is 358 g/mol. The maximum atomic E-state index is 11.4. The van der Waals surface area contributed by atoms with Crippen molar-refractivity contribution in [1.82, 2.24) is 15.0 Å². The Hall–Kier alpha value is -2.70. The Balaban J connectivity index is 1.73. The van der Waals surface area contributed by atoms with Gasteiger partial charge in [-0.3, -0.25) is 0 Å². The lowest BCUT2D eigenvalue weighted by Crippen LogP contribution is -2.20. The topological polar surface area (TPSA) is 77.2 Å². The number of carbonyl (C=O) groups is 1. The second kappa shape index (κ2) is 7.04. The van der Waals surface area contributed by atoms with Crippen molar-refractivity contribution in [2.24, 2.45) is 0 Å². The summed E-state index contributed by atoms with van der Waals surface area (Å²) in [5, 5.41) is 19.2. The zero-order valence-electron chi connectivity index (χ0n) is 13.5. The van der Waals surface area contributed by atoms with E-state index < -0.39 is 12.3 Å². The smallest absolute Gasteiger partial charge is 0.335 e. The molecular formula is C18H16ClN3O3. The van der Waals surface area contributed by atoms with Gasteiger partial charge in [-0.25, -0.2) is 4.79 Å². The summed E-state index contributed by atoms with van der Waals surface area (Å²) in [5.74, 6) is -0.616. The van der Waals surface area contributed by atoms with Crippen LogP contribution in [0.15, 0.2) is 54.6 Å². The van der Waals surface area contributed by atoms with Gasteiger partial charge in [0.15, 0.2) is 0 Å². The number of hydrogen-bond donors (Lipinski definition) is 1. The summed E-state index contributed by atoms with van der Waals surface area (Å²) in [6, 6.07) is 12.6. The van der Waals surface area contributed by atoms with Crippen molar-refractivity contribution in [3.8, 4) is 5.69 Å². The summed E-state index contributed by atoms with van der Waals surface area (Å²) in [6.45, 7) is 5.00. The summed E-state index contributed by atoms with van der Waals surface area (Å²) >= 11 is 5.96. The van der Waals surface area contributed by atoms with Gasteiger partial charge in [-0.15, -0.1) is 10.2 Å². The molecule has 1 unspecified atom stereocenters. The molecule has 1 atom stereocenters. The lowest BCUT2D eigenvalue weighted by Gasteiger charge is -2.12. The second-order valence-corrected chi connectivity index (χ2v) is 6.07. The van der Waals surface area contributed by atoms with Crippen LogP contribution in [0, 0.1) is 0 Å². The predicted molar refractivity (Wildman–Crippen MR) is 94.5 cm³/mol. The van der Waals surface area contributed by atoms with Crippen molar-refractivity contribution in [2.45, 2.75) is 19.6 Å². The van der Waals surface area contributed by atoms with Gasteiger partial charge < -0.3 is 9.84 Å². The van der Waals surface area contributed by atoms with E-state index in [1.54, 1.807) is 12.1 Å². The monoisotopic (exact) mass is 357 g/mol. The number of rotatable bonds is 5. The van der Waals surface area contributed by atoms with E-state index in [-0.39, 0.29) is 12.0 Å². The van der Waals surface area contributed by atoms with Gasteiger partial charge in [0.25, 0.3) is 0 Å². The van der Waals surface area contributed by atoms with Crippen LogP contribution < -0.4 is 0 Å². The Kier molecular flexibility index (Phi) is 4.83. The third-order valence-corrected chi connectivity index (χ3v) is 3.75. The van der Waals surface area contributed by atoms with Crippen LogP contribution in [0.1, 0.15) is 12.5 Å². The van der Waals surface area contributed by atoms with Crippen molar-refractivity contribution in [3.05, 3.63) is 65.2 Å². The zero-order chi connectivity index (χ0) is 18.0. The first-order valence-corrected chi connectivity index (χ1v) is 7.96. The largest absolute Gasteiger partial charge is 0.432 e. The van der Waals surface area contributed by atoms with Crippen molar-refractivity contribution in [1.29, 1.82) is 0 Å². The molecule has 6 nitrogen and oxygen atoms in total. The molecule has 0 bridgehead atoms. The van der Waals surface area contributed by atoms with E-state index in [0.717, 1.165) is 16.8 Å². The molecule has 2 aromatic carbocycles. The van der Waals surface area contributed by atoms with E-state index in [4.69, 9.17) is 16.3 Å². The van der Waals surface area contributed by atoms with Gasteiger partial charge in [0, 0.05) is 17.0 Å². The molecule has 1 N–H and O–H groups in total. The minimum absolute atomic E-state index is 0.184. The maximum Gasteiger partial charge on any atom is 0.335 e. The minimum atomic E-state index is -1.22. The number of ether oxygens (including phenoxy) is 1. The number of benzene rings is 2. The molecule has 1 aromatic heterocycles. The normalized spacial score (nSPS) is 12.1. The van der Waals surface area contributed by atoms with E-state index >= 15 is 0 Å². The highest BCUT2D eigenvalue weighted by atomic mass is 35.5. The van der Waals surface area contributed by atoms with Gasteiger partial charge in [0.05, 0.1) is 5.69 Å². The van der Waals surface area contributed by atoms with Crippen LogP contribution in [0.3, 0.4) is 0 Å². The first-order valence-electron chi connectivity index (χ1n) is 7.59. The molecule has 0 spiro atoms. The van der Waals surface area contributed by atoms with E-state index in [1.165, 1.54) is 11.7 Å². The molecule has 0 amide bonds. The molecule has 25 heavy (non-hydrogen) atoms. The zero-order valence-corrected chi connectivity index (χ0v) is 14.3. The first-order chi connectivity index (χ1) is 11.9. The fourth-order valence-corrected chi connectivity index (χ4v) is 2.40. The molecule has 3 aromatic rings. The molecule has 1 heterocycles. The second-order valence-electron chi connectivity index (χ2n) is 5.63. The molecule has 0 aliphatic rings. The fraction of sp³-hybridized carbons (Fsp3) is 0.167. The van der Waals surface area contributed by atoms with Crippen LogP contribution in [0.5, 0.6) is 0 Å². The Morgan fingerprint density at radius 1 is 1.24 bits per heavy atom. The minimum Gasteiger partial charge on any atom is -0.432 e. The van der Waals surface area contributed by atoms with E-state index in [2.05, 4.69) is 16.8 Å². The Morgan fingerprint density at radius 3 is 2.60 bits per heavy atom. The highest BCUT2D eigenvalue weighted by Gasteiger charge is 2.12. The third kappa shape index (κ3) is 4.04. The molecule has 0 radical (unpaired) electrons. The van der Waals surface area contributed by atoms with Crippen LogP contribution in [0.25, 0.3) is 16.7 Å². The SMILES string of the molecule is C=C(C)C(=O)OC(O)Cc1ccc(-n2nc3ccc(Cl)cc3n2)cc1. The number of esters is 1. The van der Waals surface area contributed by atoms with E-state index in [0.29, 0.717) is 10.5 Å². The van der Waals surface area contributed by atoms with Gasteiger partial charge in [-0.2, -0.15) is 4.80 Å². The fourth-order valence-electron chi connectivity index (χ4n) is 2.24. The van der Waals surface area contributed by atoms with Crippen molar-refractivity contribution in [3.63, 3.8) is 0 Å². The maximum absolute atomic E-state index is 11.4. The number of aliphatic hydroxyl groups is 1. The van der Waals surface area contributed by atoms with Crippen molar-refractivity contribution < 1.29 is 14.6 Å². The summed E-state index contributed by atoms with van der Waals surface area (Å²) in [6.07, 6.45) is -1.04. The lowest BCUT2D eigenvalue weighted by atomic mass is 10.1. The Bertz CT molecular complexity index is 934. The van der Waals surface area contributed by atoms with Gasteiger partial charge >= 0.3 is 5.97 Å². The summed E-state index contributed by atoms with van der Waals surface area (Å²) < 4.78 is 4.86. The summed E-state index contributed by atoms with van der Waals surface area (Å²) in [7, 11) is 0. The van der Waals surface area contributed by atoms with Crippen LogP contribution in [-0.4, -0.2) is 32.4 Å². The predicted octanol–water partition coefficient (Wildman–Crippen LogP) is 3.05. The molecule has 3 rings (SSSR count). The summed E-state index contributed by atoms with van der Waals surface area (Å²) in [4.78, 5) is 12.9. The molecule has 0 saturated heterocycles. The number of hydrogen-bond acceptors (Lipinski definition) is 5. The van der Waals surface area contributed by atoms with Crippen LogP contribution in [0.2, 0.25) is 5.02 Å². The van der Waals surface area contributed by atoms with E-state index in [1.807, 2.05) is 30.3 Å². The van der Waals surface area contributed by atoms with Crippen LogP contribution in [-0.2, 0) is 16.0 Å². The molecule has 0 aliphatic carbocycles. The number of aliphatic hydroxyl groups excluding tert-OH is 1. The number of fused-ring (bicyclic) bond motifs is 1. The highest BCUT2D eigenvalue weighted by Crippen LogP contribution is 2.18. The van der Waals surface area contributed by atoms with Crippen LogP contribution in [0.4, 0.5) is 0 Å². The Labute approximate surface area is 149 Å². The first kappa shape index (κ1) is 17.1.